The van der Waals surface area contributed by atoms with Gasteiger partial charge in [0.2, 0.25) is 0 Å². The topological polar surface area (TPSA) is 29.1 Å². The molecular weight excluding hydrogens is 284 g/mol. The van der Waals surface area contributed by atoms with Crippen LogP contribution in [0.5, 0.6) is 0 Å². The largest absolute Gasteiger partial charge is 0.346 e. The van der Waals surface area contributed by atoms with Gasteiger partial charge in [0.1, 0.15) is 0 Å². The molecule has 22 heavy (non-hydrogen) atoms. The third-order valence-electron chi connectivity index (χ3n) is 3.50. The predicted molar refractivity (Wildman–Crippen MR) is 84.2 cm³/mol. The highest BCUT2D eigenvalue weighted by Gasteiger charge is 2.26. The Hall–Kier alpha value is -2.23. The van der Waals surface area contributed by atoms with Crippen LogP contribution in [-0.4, -0.2) is 18.4 Å². The van der Waals surface area contributed by atoms with Crippen LogP contribution in [0.25, 0.3) is 11.1 Å². The van der Waals surface area contributed by atoms with E-state index in [4.69, 9.17) is 0 Å². The van der Waals surface area contributed by atoms with Crippen LogP contribution in [0.2, 0.25) is 0 Å². The van der Waals surface area contributed by atoms with Crippen molar-refractivity contribution >= 4 is 5.91 Å². The van der Waals surface area contributed by atoms with Gasteiger partial charge in [-0.15, -0.1) is 0 Å². The van der Waals surface area contributed by atoms with Crippen molar-refractivity contribution in [2.45, 2.75) is 26.2 Å². The number of benzene rings is 2. The first kappa shape index (κ1) is 16.1. The van der Waals surface area contributed by atoms with Crippen molar-refractivity contribution < 1.29 is 13.6 Å². The number of carbonyl (C=O) groups excluding carboxylic acids is 1. The molecule has 0 aliphatic heterocycles. The molecule has 2 aromatic carbocycles. The quantitative estimate of drug-likeness (QED) is 0.869. The molecule has 0 aliphatic rings. The molecule has 0 bridgehead atoms. The number of hydrogen-bond acceptors (Lipinski definition) is 1. The van der Waals surface area contributed by atoms with E-state index in [1.807, 2.05) is 37.3 Å². The van der Waals surface area contributed by atoms with E-state index in [2.05, 4.69) is 5.32 Å². The van der Waals surface area contributed by atoms with E-state index < -0.39 is 18.4 Å². The van der Waals surface area contributed by atoms with Gasteiger partial charge in [0, 0.05) is 12.0 Å². The van der Waals surface area contributed by atoms with Crippen LogP contribution in [0.3, 0.4) is 0 Å². The summed E-state index contributed by atoms with van der Waals surface area (Å²) in [6.07, 6.45) is -0.295. The highest BCUT2D eigenvalue weighted by atomic mass is 19.3. The van der Waals surface area contributed by atoms with E-state index in [9.17, 15) is 13.6 Å². The monoisotopic (exact) mass is 303 g/mol. The highest BCUT2D eigenvalue weighted by Crippen LogP contribution is 2.22. The summed E-state index contributed by atoms with van der Waals surface area (Å²) in [4.78, 5) is 12.0. The Balaban J connectivity index is 2.16. The summed E-state index contributed by atoms with van der Waals surface area (Å²) in [5, 5.41) is 2.29. The van der Waals surface area contributed by atoms with E-state index >= 15 is 0 Å². The Morgan fingerprint density at radius 3 is 2.36 bits per heavy atom. The van der Waals surface area contributed by atoms with E-state index in [0.717, 1.165) is 16.7 Å². The average molecular weight is 303 g/mol. The van der Waals surface area contributed by atoms with Crippen LogP contribution in [0.1, 0.15) is 29.3 Å². The van der Waals surface area contributed by atoms with Gasteiger partial charge in [-0.05, 0) is 30.2 Å². The molecule has 1 amide bonds. The van der Waals surface area contributed by atoms with Crippen molar-refractivity contribution in [1.82, 2.24) is 5.32 Å². The molecule has 2 rings (SSSR count). The van der Waals surface area contributed by atoms with Gasteiger partial charge in [-0.1, -0.05) is 48.9 Å². The van der Waals surface area contributed by atoms with Gasteiger partial charge in [-0.3, -0.25) is 4.79 Å². The standard InChI is InChI=1S/C18H19F2NO/c1-3-18(19,20)12-21-17(22)16-9-5-8-15(11-16)14-7-4-6-13(2)10-14/h4-11H,3,12H2,1-2H3,(H,21,22). The summed E-state index contributed by atoms with van der Waals surface area (Å²) in [5.41, 5.74) is 3.38. The van der Waals surface area contributed by atoms with Crippen LogP contribution >= 0.6 is 0 Å². The maximum atomic E-state index is 13.2. The SMILES string of the molecule is CCC(F)(F)CNC(=O)c1cccc(-c2cccc(C)c2)c1. The van der Waals surface area contributed by atoms with Crippen molar-refractivity contribution in [3.63, 3.8) is 0 Å². The van der Waals surface area contributed by atoms with Crippen molar-refractivity contribution in [3.8, 4) is 11.1 Å². The van der Waals surface area contributed by atoms with Crippen LogP contribution < -0.4 is 5.32 Å². The molecule has 2 aromatic rings. The molecule has 1 N–H and O–H groups in total. The van der Waals surface area contributed by atoms with Crippen molar-refractivity contribution in [1.29, 1.82) is 0 Å². The Labute approximate surface area is 129 Å². The minimum absolute atomic E-state index is 0.295. The number of amides is 1. The van der Waals surface area contributed by atoms with E-state index in [1.165, 1.54) is 6.92 Å². The second-order valence-corrected chi connectivity index (χ2v) is 5.34. The maximum absolute atomic E-state index is 13.2. The number of rotatable bonds is 5. The number of alkyl halides is 2. The van der Waals surface area contributed by atoms with E-state index in [-0.39, 0.29) is 6.42 Å². The third kappa shape index (κ3) is 4.13. The summed E-state index contributed by atoms with van der Waals surface area (Å²) >= 11 is 0. The highest BCUT2D eigenvalue weighted by molar-refractivity contribution is 5.95. The fourth-order valence-electron chi connectivity index (χ4n) is 2.10. The smallest absolute Gasteiger partial charge is 0.264 e. The second-order valence-electron chi connectivity index (χ2n) is 5.34. The third-order valence-corrected chi connectivity index (χ3v) is 3.50. The minimum Gasteiger partial charge on any atom is -0.346 e. The fraction of sp³-hybridized carbons (Fsp3) is 0.278. The number of nitrogens with one attached hydrogen (secondary N) is 1. The van der Waals surface area contributed by atoms with Gasteiger partial charge in [0.05, 0.1) is 6.54 Å². The normalized spacial score (nSPS) is 11.3. The molecule has 0 radical (unpaired) electrons. The summed E-state index contributed by atoms with van der Waals surface area (Å²) in [6, 6.07) is 14.9. The number of aryl methyl sites for hydroxylation is 1. The lowest BCUT2D eigenvalue weighted by Gasteiger charge is -2.15. The average Bonchev–Trinajstić information content (AvgIpc) is 2.53. The van der Waals surface area contributed by atoms with Crippen LogP contribution in [0, 0.1) is 6.92 Å². The van der Waals surface area contributed by atoms with Crippen molar-refractivity contribution in [2.75, 3.05) is 6.54 Å². The number of hydrogen-bond donors (Lipinski definition) is 1. The molecule has 116 valence electrons. The van der Waals surface area contributed by atoms with E-state index in [1.54, 1.807) is 18.2 Å². The van der Waals surface area contributed by atoms with Crippen LogP contribution in [-0.2, 0) is 0 Å². The Bertz CT molecular complexity index is 668. The van der Waals surface area contributed by atoms with Crippen molar-refractivity contribution in [2.24, 2.45) is 0 Å². The number of carbonyl (C=O) groups is 1. The van der Waals surface area contributed by atoms with Gasteiger partial charge in [0.25, 0.3) is 11.8 Å². The van der Waals surface area contributed by atoms with Crippen LogP contribution in [0.4, 0.5) is 8.78 Å². The first-order valence-electron chi connectivity index (χ1n) is 7.24. The second kappa shape index (κ2) is 6.69. The lowest BCUT2D eigenvalue weighted by Crippen LogP contribution is -2.36. The summed E-state index contributed by atoms with van der Waals surface area (Å²) in [5.74, 6) is -3.35. The molecule has 0 heterocycles. The summed E-state index contributed by atoms with van der Waals surface area (Å²) in [7, 11) is 0. The molecule has 0 unspecified atom stereocenters. The molecule has 0 saturated carbocycles. The molecule has 0 spiro atoms. The number of halogens is 2. The van der Waals surface area contributed by atoms with Gasteiger partial charge in [-0.25, -0.2) is 8.78 Å². The predicted octanol–water partition coefficient (Wildman–Crippen LogP) is 4.44. The Kier molecular flexibility index (Phi) is 4.91. The summed E-state index contributed by atoms with van der Waals surface area (Å²) in [6.45, 7) is 2.74. The molecule has 0 aliphatic carbocycles. The van der Waals surface area contributed by atoms with Gasteiger partial charge in [-0.2, -0.15) is 0 Å². The van der Waals surface area contributed by atoms with Gasteiger partial charge < -0.3 is 5.32 Å². The van der Waals surface area contributed by atoms with Crippen LogP contribution in [0.15, 0.2) is 48.5 Å². The van der Waals surface area contributed by atoms with Gasteiger partial charge >= 0.3 is 0 Å². The van der Waals surface area contributed by atoms with E-state index in [0.29, 0.717) is 5.56 Å². The summed E-state index contributed by atoms with van der Waals surface area (Å²) < 4.78 is 26.4. The molecule has 4 heteroatoms. The Morgan fingerprint density at radius 2 is 1.73 bits per heavy atom. The molecule has 2 nitrogen and oxygen atoms in total. The molecule has 0 atom stereocenters. The molecule has 0 fully saturated rings. The molecule has 0 aromatic heterocycles. The molecule has 0 saturated heterocycles. The first-order chi connectivity index (χ1) is 10.4. The Morgan fingerprint density at radius 1 is 1.09 bits per heavy atom. The molecular formula is C18H19F2NO. The van der Waals surface area contributed by atoms with Crippen molar-refractivity contribution in [3.05, 3.63) is 59.7 Å². The zero-order chi connectivity index (χ0) is 16.2. The lowest BCUT2D eigenvalue weighted by molar-refractivity contribution is -0.00101. The zero-order valence-electron chi connectivity index (χ0n) is 12.7. The van der Waals surface area contributed by atoms with Gasteiger partial charge in [0.15, 0.2) is 0 Å². The lowest BCUT2D eigenvalue weighted by atomic mass is 10.0. The maximum Gasteiger partial charge on any atom is 0.264 e. The zero-order valence-corrected chi connectivity index (χ0v) is 12.7. The first-order valence-corrected chi connectivity index (χ1v) is 7.24. The fourth-order valence-corrected chi connectivity index (χ4v) is 2.10. The minimum atomic E-state index is -2.87.